The zero-order valence-corrected chi connectivity index (χ0v) is 23.2. The summed E-state index contributed by atoms with van der Waals surface area (Å²) in [6.07, 6.45) is 3.22. The Balaban J connectivity index is 0.000000258. The Kier molecular flexibility index (Phi) is 8.63. The fourth-order valence-electron chi connectivity index (χ4n) is 3.12. The van der Waals surface area contributed by atoms with Crippen LogP contribution in [0.3, 0.4) is 0 Å². The number of para-hydroxylation sites is 1. The number of aryl methyl sites for hydroxylation is 1. The quantitative estimate of drug-likeness (QED) is 0.132. The molecule has 1 aliphatic heterocycles. The predicted octanol–water partition coefficient (Wildman–Crippen LogP) is 7.72. The number of pyridine rings is 1. The number of allylic oxidation sites excluding steroid dienone is 2. The number of rotatable bonds is 1. The van der Waals surface area contributed by atoms with Crippen LogP contribution in [0.1, 0.15) is 47.1 Å². The summed E-state index contributed by atoms with van der Waals surface area (Å²) in [5, 5.41) is 9.56. The van der Waals surface area contributed by atoms with E-state index in [2.05, 4.69) is 30.1 Å². The molecular weight excluding hydrogens is 603 g/mol. The van der Waals surface area contributed by atoms with E-state index in [1.54, 1.807) is 0 Å². The number of ether oxygens (including phenoxy) is 1. The first-order valence-electron chi connectivity index (χ1n) is 11.1. The Morgan fingerprint density at radius 1 is 0.971 bits per heavy atom. The largest absolute Gasteiger partial charge is 0.512 e. The van der Waals surface area contributed by atoms with E-state index in [0.29, 0.717) is 0 Å². The molecule has 181 valence electrons. The van der Waals surface area contributed by atoms with E-state index >= 15 is 0 Å². The average molecular weight is 635 g/mol. The number of ketones is 1. The number of aromatic nitrogens is 1. The third-order valence-corrected chi connectivity index (χ3v) is 5.25. The first-order chi connectivity index (χ1) is 15.4. The van der Waals surface area contributed by atoms with Gasteiger partial charge in [-0.2, -0.15) is 0 Å². The molecule has 3 aromatic rings. The first kappa shape index (κ1) is 27.5. The molecule has 1 aromatic heterocycles. The van der Waals surface area contributed by atoms with E-state index in [9.17, 15) is 9.90 Å². The molecule has 2 heterocycles. The molecule has 0 aliphatic carbocycles. The van der Waals surface area contributed by atoms with Crippen molar-refractivity contribution in [3.05, 3.63) is 78.2 Å². The number of hydrogen-bond donors (Lipinski definition) is 1. The summed E-state index contributed by atoms with van der Waals surface area (Å²) in [5.41, 5.74) is 4.39. The van der Waals surface area contributed by atoms with Gasteiger partial charge in [0.05, 0.1) is 0 Å². The van der Waals surface area contributed by atoms with E-state index in [4.69, 9.17) is 4.74 Å². The summed E-state index contributed by atoms with van der Waals surface area (Å²) < 4.78 is 6.05. The van der Waals surface area contributed by atoms with Gasteiger partial charge in [-0.3, -0.25) is 4.79 Å². The Labute approximate surface area is 216 Å². The number of carbonyl (C=O) groups is 1. The molecule has 0 saturated heterocycles. The summed E-state index contributed by atoms with van der Waals surface area (Å²) in [5.74, 6) is 1.77. The Morgan fingerprint density at radius 3 is 2.26 bits per heavy atom. The van der Waals surface area contributed by atoms with Gasteiger partial charge in [0.2, 0.25) is 0 Å². The fraction of sp³-hybridized carbons (Fsp3) is 0.310. The molecule has 4 rings (SSSR count). The number of aliphatic hydroxyl groups excluding tert-OH is 1. The SMILES string of the molecule is CC(C)(C)C(=O)C=C(O)C(C)(C)C.Cc1cnc2c(c1)-c1ccccc1Oc1ccc[c-]c1-2.[Ir]. The predicted molar refractivity (Wildman–Crippen MR) is 133 cm³/mol. The van der Waals surface area contributed by atoms with Gasteiger partial charge in [-0.1, -0.05) is 71.4 Å². The molecule has 5 heteroatoms. The molecule has 0 atom stereocenters. The van der Waals surface area contributed by atoms with Crippen molar-refractivity contribution < 1.29 is 34.7 Å². The van der Waals surface area contributed by atoms with E-state index in [1.807, 2.05) is 84.1 Å². The van der Waals surface area contributed by atoms with Crippen molar-refractivity contribution in [1.82, 2.24) is 4.98 Å². The molecular formula is C29H32IrNO3-. The van der Waals surface area contributed by atoms with Gasteiger partial charge in [-0.05, 0) is 29.8 Å². The van der Waals surface area contributed by atoms with Crippen molar-refractivity contribution >= 4 is 5.78 Å². The van der Waals surface area contributed by atoms with Crippen LogP contribution in [0.25, 0.3) is 22.4 Å². The molecule has 0 fully saturated rings. The van der Waals surface area contributed by atoms with Gasteiger partial charge in [-0.15, -0.1) is 24.3 Å². The number of benzene rings is 2. The van der Waals surface area contributed by atoms with Crippen LogP contribution in [-0.2, 0) is 24.9 Å². The van der Waals surface area contributed by atoms with Gasteiger partial charge in [0.1, 0.15) is 11.5 Å². The topological polar surface area (TPSA) is 59.4 Å². The van der Waals surface area contributed by atoms with Gasteiger partial charge >= 0.3 is 0 Å². The second-order valence-electron chi connectivity index (χ2n) is 10.3. The molecule has 0 amide bonds. The maximum Gasteiger partial charge on any atom is 0.164 e. The van der Waals surface area contributed by atoms with Crippen LogP contribution in [-0.4, -0.2) is 15.9 Å². The number of hydrogen-bond acceptors (Lipinski definition) is 4. The molecule has 34 heavy (non-hydrogen) atoms. The molecule has 0 spiro atoms. The zero-order valence-electron chi connectivity index (χ0n) is 20.8. The first-order valence-corrected chi connectivity index (χ1v) is 11.1. The third kappa shape index (κ3) is 6.43. The van der Waals surface area contributed by atoms with Crippen LogP contribution in [0.4, 0.5) is 0 Å². The molecule has 4 nitrogen and oxygen atoms in total. The third-order valence-electron chi connectivity index (χ3n) is 5.25. The minimum atomic E-state index is -0.417. The van der Waals surface area contributed by atoms with Crippen LogP contribution in [0.15, 0.2) is 66.6 Å². The van der Waals surface area contributed by atoms with Crippen LogP contribution in [0, 0.1) is 23.8 Å². The van der Waals surface area contributed by atoms with Crippen molar-refractivity contribution in [2.75, 3.05) is 0 Å². The summed E-state index contributed by atoms with van der Waals surface area (Å²) >= 11 is 0. The average Bonchev–Trinajstić information content (AvgIpc) is 2.87. The van der Waals surface area contributed by atoms with Crippen molar-refractivity contribution in [1.29, 1.82) is 0 Å². The molecule has 0 unspecified atom stereocenters. The molecule has 0 bridgehead atoms. The maximum atomic E-state index is 11.5. The van der Waals surface area contributed by atoms with Crippen LogP contribution in [0.5, 0.6) is 11.5 Å². The smallest absolute Gasteiger partial charge is 0.164 e. The van der Waals surface area contributed by atoms with E-state index in [-0.39, 0.29) is 37.1 Å². The van der Waals surface area contributed by atoms with Gasteiger partial charge in [-0.25, -0.2) is 0 Å². The van der Waals surface area contributed by atoms with Gasteiger partial charge in [0, 0.05) is 54.5 Å². The van der Waals surface area contributed by atoms with Crippen molar-refractivity contribution in [2.24, 2.45) is 10.8 Å². The monoisotopic (exact) mass is 635 g/mol. The Hall–Kier alpha value is -2.75. The van der Waals surface area contributed by atoms with Gasteiger partial charge < -0.3 is 14.8 Å². The molecule has 2 aromatic carbocycles. The molecule has 1 aliphatic rings. The van der Waals surface area contributed by atoms with Crippen molar-refractivity contribution in [2.45, 2.75) is 48.5 Å². The van der Waals surface area contributed by atoms with Crippen molar-refractivity contribution in [3.8, 4) is 33.9 Å². The van der Waals surface area contributed by atoms with Gasteiger partial charge in [0.25, 0.3) is 0 Å². The van der Waals surface area contributed by atoms with E-state index in [0.717, 1.165) is 39.4 Å². The van der Waals surface area contributed by atoms with Crippen LogP contribution in [0.2, 0.25) is 0 Å². The second kappa shape index (κ2) is 10.7. The fourth-order valence-corrected chi connectivity index (χ4v) is 3.12. The number of nitrogens with zero attached hydrogens (tertiary/aromatic N) is 1. The summed E-state index contributed by atoms with van der Waals surface area (Å²) in [6.45, 7) is 13.2. The zero-order chi connectivity index (χ0) is 24.4. The summed E-state index contributed by atoms with van der Waals surface area (Å²) in [4.78, 5) is 16.1. The van der Waals surface area contributed by atoms with Crippen LogP contribution >= 0.6 is 0 Å². The normalized spacial score (nSPS) is 12.4. The number of fused-ring (bicyclic) bond motifs is 5. The van der Waals surface area contributed by atoms with E-state index < -0.39 is 5.41 Å². The molecule has 1 radical (unpaired) electrons. The standard InChI is InChI=1S/C18H12NO.C11H20O2.Ir/c1-12-10-15-13-6-2-4-8-16(13)20-17-9-5-3-7-14(17)18(15)19-11-12;1-10(2,3)8(12)7-9(13)11(4,5)6;/h2-6,8-11H,1H3;7,12H,1-6H3;/q-1;;. The summed E-state index contributed by atoms with van der Waals surface area (Å²) in [7, 11) is 0. The minimum Gasteiger partial charge on any atom is -0.512 e. The number of aliphatic hydroxyl groups is 1. The maximum absolute atomic E-state index is 11.5. The van der Waals surface area contributed by atoms with Crippen molar-refractivity contribution in [3.63, 3.8) is 0 Å². The molecule has 0 saturated carbocycles. The van der Waals surface area contributed by atoms with Crippen LogP contribution < -0.4 is 4.74 Å². The van der Waals surface area contributed by atoms with Gasteiger partial charge in [0.15, 0.2) is 5.78 Å². The minimum absolute atomic E-state index is 0. The number of carbonyl (C=O) groups excluding carboxylic acids is 1. The second-order valence-corrected chi connectivity index (χ2v) is 10.3. The molecule has 1 N–H and O–H groups in total. The summed E-state index contributed by atoms with van der Waals surface area (Å²) in [6, 6.07) is 19.3. The Bertz CT molecular complexity index is 1200. The Morgan fingerprint density at radius 2 is 1.62 bits per heavy atom. The van der Waals surface area contributed by atoms with E-state index in [1.165, 1.54) is 6.08 Å².